The number of imide groups is 1. The number of hydrogen-bond donors (Lipinski definition) is 1. The van der Waals surface area contributed by atoms with Gasteiger partial charge in [0.2, 0.25) is 0 Å². The SMILES string of the molecule is CCC(C)(CN1C(=O)c2ccc(C)cc2C1=O)C(=O)O. The van der Waals surface area contributed by atoms with Gasteiger partial charge in [-0.2, -0.15) is 0 Å². The van der Waals surface area contributed by atoms with Gasteiger partial charge in [-0.3, -0.25) is 19.3 Å². The van der Waals surface area contributed by atoms with E-state index >= 15 is 0 Å². The van der Waals surface area contributed by atoms with Crippen molar-refractivity contribution in [3.63, 3.8) is 0 Å². The van der Waals surface area contributed by atoms with Crippen molar-refractivity contribution in [1.29, 1.82) is 0 Å². The molecule has 5 heteroatoms. The Kier molecular flexibility index (Phi) is 3.38. The first-order valence-electron chi connectivity index (χ1n) is 6.50. The number of benzene rings is 1. The average molecular weight is 275 g/mol. The number of carboxylic acid groups (broad SMARTS) is 1. The van der Waals surface area contributed by atoms with Gasteiger partial charge >= 0.3 is 5.97 Å². The van der Waals surface area contributed by atoms with Crippen molar-refractivity contribution in [1.82, 2.24) is 4.90 Å². The van der Waals surface area contributed by atoms with Crippen LogP contribution in [0.3, 0.4) is 0 Å². The van der Waals surface area contributed by atoms with E-state index in [1.54, 1.807) is 32.0 Å². The van der Waals surface area contributed by atoms with Gasteiger partial charge in [0.1, 0.15) is 0 Å². The summed E-state index contributed by atoms with van der Waals surface area (Å²) in [6, 6.07) is 5.05. The third kappa shape index (κ3) is 2.09. The molecule has 0 aliphatic carbocycles. The van der Waals surface area contributed by atoms with Crippen LogP contribution in [0.2, 0.25) is 0 Å². The highest BCUT2D eigenvalue weighted by atomic mass is 16.4. The van der Waals surface area contributed by atoms with Gasteiger partial charge in [-0.1, -0.05) is 18.6 Å². The lowest BCUT2D eigenvalue weighted by Gasteiger charge is -2.27. The normalized spacial score (nSPS) is 17.1. The number of aryl methyl sites for hydroxylation is 1. The topological polar surface area (TPSA) is 74.7 Å². The van der Waals surface area contributed by atoms with Crippen LogP contribution in [0.5, 0.6) is 0 Å². The van der Waals surface area contributed by atoms with Crippen LogP contribution in [0, 0.1) is 12.3 Å². The molecule has 1 atom stereocenters. The Bertz CT molecular complexity index is 608. The zero-order valence-corrected chi connectivity index (χ0v) is 11.8. The number of aliphatic carboxylic acids is 1. The average Bonchev–Trinajstić information content (AvgIpc) is 2.63. The first-order chi connectivity index (χ1) is 9.30. The summed E-state index contributed by atoms with van der Waals surface area (Å²) < 4.78 is 0. The quantitative estimate of drug-likeness (QED) is 0.854. The molecule has 2 rings (SSSR count). The molecule has 5 nitrogen and oxygen atoms in total. The van der Waals surface area contributed by atoms with Crippen LogP contribution in [-0.4, -0.2) is 34.3 Å². The van der Waals surface area contributed by atoms with E-state index in [0.29, 0.717) is 17.5 Å². The predicted molar refractivity (Wildman–Crippen MR) is 72.6 cm³/mol. The van der Waals surface area contributed by atoms with E-state index in [1.165, 1.54) is 0 Å². The first kappa shape index (κ1) is 14.2. The van der Waals surface area contributed by atoms with Crippen molar-refractivity contribution in [3.8, 4) is 0 Å². The fourth-order valence-electron chi connectivity index (χ4n) is 2.23. The number of nitrogens with zero attached hydrogens (tertiary/aromatic N) is 1. The molecule has 0 fully saturated rings. The lowest BCUT2D eigenvalue weighted by molar-refractivity contribution is -0.148. The van der Waals surface area contributed by atoms with E-state index < -0.39 is 23.2 Å². The molecule has 2 amide bonds. The summed E-state index contributed by atoms with van der Waals surface area (Å²) in [5.41, 5.74) is 0.481. The molecule has 1 aliphatic rings. The van der Waals surface area contributed by atoms with E-state index in [-0.39, 0.29) is 6.54 Å². The smallest absolute Gasteiger partial charge is 0.311 e. The predicted octanol–water partition coefficient (Wildman–Crippen LogP) is 2.09. The fourth-order valence-corrected chi connectivity index (χ4v) is 2.23. The van der Waals surface area contributed by atoms with Gasteiger partial charge in [0.05, 0.1) is 16.5 Å². The maximum Gasteiger partial charge on any atom is 0.311 e. The molecule has 1 aliphatic heterocycles. The zero-order valence-electron chi connectivity index (χ0n) is 11.8. The molecule has 20 heavy (non-hydrogen) atoms. The van der Waals surface area contributed by atoms with Gasteiger partial charge in [-0.05, 0) is 32.4 Å². The molecule has 106 valence electrons. The number of hydrogen-bond acceptors (Lipinski definition) is 3. The second kappa shape index (κ2) is 4.74. The third-order valence-corrected chi connectivity index (χ3v) is 3.93. The van der Waals surface area contributed by atoms with Gasteiger partial charge in [0.25, 0.3) is 11.8 Å². The molecule has 0 saturated carbocycles. The monoisotopic (exact) mass is 275 g/mol. The van der Waals surface area contributed by atoms with E-state index in [4.69, 9.17) is 0 Å². The molecule has 0 aromatic heterocycles. The Morgan fingerprint density at radius 3 is 2.40 bits per heavy atom. The Hall–Kier alpha value is -2.17. The lowest BCUT2D eigenvalue weighted by Crippen LogP contribution is -2.43. The van der Waals surface area contributed by atoms with Crippen molar-refractivity contribution in [2.24, 2.45) is 5.41 Å². The van der Waals surface area contributed by atoms with E-state index in [1.807, 2.05) is 6.92 Å². The Morgan fingerprint density at radius 2 is 1.85 bits per heavy atom. The maximum atomic E-state index is 12.3. The van der Waals surface area contributed by atoms with Crippen molar-refractivity contribution < 1.29 is 19.5 Å². The molecule has 0 bridgehead atoms. The molecule has 0 radical (unpaired) electrons. The van der Waals surface area contributed by atoms with Crippen molar-refractivity contribution in [2.45, 2.75) is 27.2 Å². The van der Waals surface area contributed by atoms with Crippen LogP contribution in [0.25, 0.3) is 0 Å². The Labute approximate surface area is 117 Å². The van der Waals surface area contributed by atoms with Gasteiger partial charge < -0.3 is 5.11 Å². The van der Waals surface area contributed by atoms with Gasteiger partial charge in [-0.25, -0.2) is 0 Å². The molecule has 1 heterocycles. The number of rotatable bonds is 4. The minimum atomic E-state index is -1.12. The van der Waals surface area contributed by atoms with E-state index in [9.17, 15) is 19.5 Å². The molecule has 0 saturated heterocycles. The van der Waals surface area contributed by atoms with Gasteiger partial charge in [-0.15, -0.1) is 0 Å². The molecule has 1 aromatic carbocycles. The fraction of sp³-hybridized carbons (Fsp3) is 0.400. The summed E-state index contributed by atoms with van der Waals surface area (Å²) in [4.78, 5) is 36.9. The summed E-state index contributed by atoms with van der Waals surface area (Å²) in [5.74, 6) is -1.83. The van der Waals surface area contributed by atoms with Crippen LogP contribution in [0.1, 0.15) is 46.5 Å². The third-order valence-electron chi connectivity index (χ3n) is 3.93. The van der Waals surface area contributed by atoms with Crippen LogP contribution in [0.15, 0.2) is 18.2 Å². The van der Waals surface area contributed by atoms with Crippen molar-refractivity contribution in [2.75, 3.05) is 6.54 Å². The lowest BCUT2D eigenvalue weighted by atomic mass is 9.87. The summed E-state index contributed by atoms with van der Waals surface area (Å²) in [7, 11) is 0. The van der Waals surface area contributed by atoms with Crippen LogP contribution in [0.4, 0.5) is 0 Å². The summed E-state index contributed by atoms with van der Waals surface area (Å²) in [6.45, 7) is 5.01. The minimum absolute atomic E-state index is 0.107. The summed E-state index contributed by atoms with van der Waals surface area (Å²) in [6.07, 6.45) is 0.342. The molecular formula is C15H17NO4. The standard InChI is InChI=1S/C15H17NO4/c1-4-15(3,14(19)20)8-16-12(17)10-6-5-9(2)7-11(10)13(16)18/h5-7H,4,8H2,1-3H3,(H,19,20). The molecule has 0 spiro atoms. The van der Waals surface area contributed by atoms with E-state index in [2.05, 4.69) is 0 Å². The maximum absolute atomic E-state index is 12.3. The molecule has 1 unspecified atom stereocenters. The van der Waals surface area contributed by atoms with Crippen LogP contribution in [-0.2, 0) is 4.79 Å². The van der Waals surface area contributed by atoms with E-state index in [0.717, 1.165) is 10.5 Å². The zero-order chi connectivity index (χ0) is 15.1. The Balaban J connectivity index is 2.36. The Morgan fingerprint density at radius 1 is 1.25 bits per heavy atom. The molecular weight excluding hydrogens is 258 g/mol. The second-order valence-corrected chi connectivity index (χ2v) is 5.46. The van der Waals surface area contributed by atoms with Crippen LogP contribution < -0.4 is 0 Å². The highest BCUT2D eigenvalue weighted by molar-refractivity contribution is 6.21. The largest absolute Gasteiger partial charge is 0.481 e. The number of carbonyl (C=O) groups excluding carboxylic acids is 2. The van der Waals surface area contributed by atoms with Gasteiger partial charge in [0, 0.05) is 6.54 Å². The number of fused-ring (bicyclic) bond motifs is 1. The number of carboxylic acids is 1. The number of carbonyl (C=O) groups is 3. The van der Waals surface area contributed by atoms with Crippen molar-refractivity contribution >= 4 is 17.8 Å². The summed E-state index contributed by atoms with van der Waals surface area (Å²) in [5, 5.41) is 9.28. The minimum Gasteiger partial charge on any atom is -0.481 e. The van der Waals surface area contributed by atoms with Gasteiger partial charge in [0.15, 0.2) is 0 Å². The second-order valence-electron chi connectivity index (χ2n) is 5.46. The highest BCUT2D eigenvalue weighted by Crippen LogP contribution is 2.29. The summed E-state index contributed by atoms with van der Waals surface area (Å²) >= 11 is 0. The van der Waals surface area contributed by atoms with Crippen LogP contribution >= 0.6 is 0 Å². The molecule has 1 N–H and O–H groups in total. The highest BCUT2D eigenvalue weighted by Gasteiger charge is 2.42. The first-order valence-corrected chi connectivity index (χ1v) is 6.50. The van der Waals surface area contributed by atoms with Crippen molar-refractivity contribution in [3.05, 3.63) is 34.9 Å². The molecule has 1 aromatic rings. The number of amides is 2.